The van der Waals surface area contributed by atoms with Gasteiger partial charge in [-0.05, 0) is 0 Å². The van der Waals surface area contributed by atoms with Crippen LogP contribution in [0.2, 0.25) is 0 Å². The van der Waals surface area contributed by atoms with Gasteiger partial charge in [0.05, 0.1) is 24.8 Å². The van der Waals surface area contributed by atoms with E-state index >= 15 is 0 Å². The Labute approximate surface area is 130 Å². The highest BCUT2D eigenvalue weighted by molar-refractivity contribution is 7.94. The number of rotatable bonds is 12. The molecular formula is C12H20N2O6S2. The first kappa shape index (κ1) is 18.8. The van der Waals surface area contributed by atoms with E-state index in [4.69, 9.17) is 4.74 Å². The second-order valence-electron chi connectivity index (χ2n) is 4.63. The van der Waals surface area contributed by atoms with Crippen LogP contribution < -0.4 is 5.32 Å². The van der Waals surface area contributed by atoms with Crippen molar-refractivity contribution in [3.63, 3.8) is 0 Å². The van der Waals surface area contributed by atoms with Crippen LogP contribution in [0.3, 0.4) is 0 Å². The van der Waals surface area contributed by atoms with Gasteiger partial charge in [0.25, 0.3) is 0 Å². The van der Waals surface area contributed by atoms with Crippen molar-refractivity contribution in [2.24, 2.45) is 0 Å². The average molecular weight is 352 g/mol. The first-order valence-corrected chi connectivity index (χ1v) is 9.95. The van der Waals surface area contributed by atoms with Gasteiger partial charge in [0.1, 0.15) is 6.04 Å². The number of hydrogen-bond donors (Lipinski definition) is 1. The smallest absolute Gasteiger partial charge is 0.247 e. The second-order valence-corrected chi connectivity index (χ2v) is 8.69. The van der Waals surface area contributed by atoms with E-state index < -0.39 is 25.7 Å². The fourth-order valence-electron chi connectivity index (χ4n) is 1.65. The Balaban J connectivity index is 2.10. The van der Waals surface area contributed by atoms with Gasteiger partial charge in [0, 0.05) is 23.9 Å². The Morgan fingerprint density at radius 2 is 1.82 bits per heavy atom. The maximum atomic E-state index is 11.4. The zero-order valence-electron chi connectivity index (χ0n) is 12.1. The first-order valence-electron chi connectivity index (χ1n) is 6.52. The SMILES string of the molecule is C=CS(=O)(=O)CCOCNCCN1C(=O)C1CS(=O)(=O)C=C. The van der Waals surface area contributed by atoms with E-state index in [0.29, 0.717) is 13.1 Å². The van der Waals surface area contributed by atoms with Crippen molar-refractivity contribution in [2.75, 3.05) is 37.9 Å². The minimum atomic E-state index is -3.39. The Morgan fingerprint density at radius 3 is 2.41 bits per heavy atom. The minimum Gasteiger partial charge on any atom is -0.365 e. The summed E-state index contributed by atoms with van der Waals surface area (Å²) >= 11 is 0. The molecule has 0 aromatic rings. The van der Waals surface area contributed by atoms with Crippen LogP contribution in [0.15, 0.2) is 24.0 Å². The van der Waals surface area contributed by atoms with Crippen LogP contribution in [0.25, 0.3) is 0 Å². The third-order valence-corrected chi connectivity index (χ3v) is 5.55. The molecule has 0 spiro atoms. The lowest BCUT2D eigenvalue weighted by atomic mass is 10.5. The summed E-state index contributed by atoms with van der Waals surface area (Å²) in [5.74, 6) is -0.583. The number of sulfone groups is 2. The van der Waals surface area contributed by atoms with E-state index in [1.165, 1.54) is 4.90 Å². The highest BCUT2D eigenvalue weighted by Crippen LogP contribution is 2.21. The Kier molecular flexibility index (Phi) is 6.72. The molecule has 1 rings (SSSR count). The summed E-state index contributed by atoms with van der Waals surface area (Å²) in [6.45, 7) is 7.36. The number of ether oxygens (including phenoxy) is 1. The predicted molar refractivity (Wildman–Crippen MR) is 82.3 cm³/mol. The summed E-state index contributed by atoms with van der Waals surface area (Å²) in [6, 6.07) is -0.594. The maximum absolute atomic E-state index is 11.4. The summed E-state index contributed by atoms with van der Waals surface area (Å²) < 4.78 is 49.8. The topological polar surface area (TPSA) is 110 Å². The second kappa shape index (κ2) is 7.86. The third-order valence-electron chi connectivity index (χ3n) is 3.02. The van der Waals surface area contributed by atoms with Crippen molar-refractivity contribution < 1.29 is 26.4 Å². The van der Waals surface area contributed by atoms with Crippen LogP contribution in [0, 0.1) is 0 Å². The van der Waals surface area contributed by atoms with Crippen LogP contribution in [-0.4, -0.2) is 71.6 Å². The summed E-state index contributed by atoms with van der Waals surface area (Å²) in [5.41, 5.74) is 0. The number of nitrogens with one attached hydrogen (secondary N) is 1. The molecule has 0 aromatic carbocycles. The van der Waals surface area contributed by atoms with Gasteiger partial charge in [-0.2, -0.15) is 0 Å². The fraction of sp³-hybridized carbons (Fsp3) is 0.583. The third kappa shape index (κ3) is 6.26. The van der Waals surface area contributed by atoms with Crippen LogP contribution in [0.5, 0.6) is 0 Å². The molecule has 1 N–H and O–H groups in total. The molecule has 1 aliphatic rings. The molecule has 1 saturated heterocycles. The molecule has 126 valence electrons. The van der Waals surface area contributed by atoms with E-state index in [2.05, 4.69) is 18.5 Å². The normalized spacial score (nSPS) is 18.3. The standard InChI is InChI=1S/C12H20N2O6S2/c1-3-21(16,17)8-7-20-10-13-5-6-14-11(12(14)15)9-22(18,19)4-2/h3-4,11,13H,1-2,5-10H2. The van der Waals surface area contributed by atoms with Gasteiger partial charge in [-0.3, -0.25) is 10.1 Å². The summed E-state index contributed by atoms with van der Waals surface area (Å²) in [4.78, 5) is 12.9. The molecule has 8 nitrogen and oxygen atoms in total. The number of carbonyl (C=O) groups excluding carboxylic acids is 1. The molecule has 1 heterocycles. The van der Waals surface area contributed by atoms with E-state index in [-0.39, 0.29) is 30.8 Å². The summed E-state index contributed by atoms with van der Waals surface area (Å²) in [6.07, 6.45) is 0. The molecule has 1 unspecified atom stereocenters. The van der Waals surface area contributed by atoms with Crippen LogP contribution in [0.4, 0.5) is 0 Å². The molecule has 1 amide bonds. The monoisotopic (exact) mass is 352 g/mol. The highest BCUT2D eigenvalue weighted by atomic mass is 32.2. The van der Waals surface area contributed by atoms with Crippen molar-refractivity contribution in [1.29, 1.82) is 0 Å². The fourth-order valence-corrected chi connectivity index (χ4v) is 3.06. The zero-order chi connectivity index (χ0) is 16.8. The van der Waals surface area contributed by atoms with Gasteiger partial charge in [0.15, 0.2) is 19.7 Å². The molecule has 0 aromatic heterocycles. The van der Waals surface area contributed by atoms with Crippen molar-refractivity contribution in [1.82, 2.24) is 10.2 Å². The van der Waals surface area contributed by atoms with E-state index in [9.17, 15) is 21.6 Å². The number of amides is 1. The minimum absolute atomic E-state index is 0.0458. The molecule has 22 heavy (non-hydrogen) atoms. The van der Waals surface area contributed by atoms with Gasteiger partial charge in [-0.1, -0.05) is 13.2 Å². The van der Waals surface area contributed by atoms with Crippen molar-refractivity contribution in [2.45, 2.75) is 6.04 Å². The maximum Gasteiger partial charge on any atom is 0.247 e. The van der Waals surface area contributed by atoms with Crippen LogP contribution >= 0.6 is 0 Å². The number of nitrogens with zero attached hydrogens (tertiary/aromatic N) is 1. The van der Waals surface area contributed by atoms with E-state index in [1.54, 1.807) is 0 Å². The van der Waals surface area contributed by atoms with E-state index in [1.807, 2.05) is 0 Å². The van der Waals surface area contributed by atoms with Crippen molar-refractivity contribution >= 4 is 25.6 Å². The lowest BCUT2D eigenvalue weighted by Crippen LogP contribution is -2.27. The summed E-state index contributed by atoms with van der Waals surface area (Å²) in [7, 11) is -6.65. The quantitative estimate of drug-likeness (QED) is 0.269. The molecule has 1 fully saturated rings. The molecular weight excluding hydrogens is 332 g/mol. The average Bonchev–Trinajstić information content (AvgIpc) is 3.06. The molecule has 0 saturated carbocycles. The van der Waals surface area contributed by atoms with Gasteiger partial charge in [-0.25, -0.2) is 16.8 Å². The van der Waals surface area contributed by atoms with Gasteiger partial charge >= 0.3 is 0 Å². The number of hydrogen-bond acceptors (Lipinski definition) is 7. The van der Waals surface area contributed by atoms with Crippen LogP contribution in [0.1, 0.15) is 0 Å². The largest absolute Gasteiger partial charge is 0.365 e. The van der Waals surface area contributed by atoms with Gasteiger partial charge < -0.3 is 9.64 Å². The lowest BCUT2D eigenvalue weighted by molar-refractivity contribution is -0.113. The summed E-state index contributed by atoms with van der Waals surface area (Å²) in [5, 5.41) is 4.60. The molecule has 1 atom stereocenters. The van der Waals surface area contributed by atoms with Crippen molar-refractivity contribution in [3.8, 4) is 0 Å². The molecule has 10 heteroatoms. The van der Waals surface area contributed by atoms with Gasteiger partial charge in [-0.15, -0.1) is 0 Å². The predicted octanol–water partition coefficient (Wildman–Crippen LogP) is -1.12. The molecule has 0 aliphatic carbocycles. The zero-order valence-corrected chi connectivity index (χ0v) is 13.7. The van der Waals surface area contributed by atoms with Crippen LogP contribution in [-0.2, 0) is 29.2 Å². The molecule has 0 radical (unpaired) electrons. The van der Waals surface area contributed by atoms with Crippen molar-refractivity contribution in [3.05, 3.63) is 24.0 Å². The Bertz CT molecular complexity index is 626. The number of carbonyl (C=O) groups is 1. The highest BCUT2D eigenvalue weighted by Gasteiger charge is 2.47. The lowest BCUT2D eigenvalue weighted by Gasteiger charge is -2.06. The van der Waals surface area contributed by atoms with Gasteiger partial charge in [0.2, 0.25) is 5.91 Å². The molecule has 1 aliphatic heterocycles. The molecule has 0 bridgehead atoms. The first-order chi connectivity index (χ1) is 10.2. The Morgan fingerprint density at radius 1 is 1.18 bits per heavy atom. The van der Waals surface area contributed by atoms with E-state index in [0.717, 1.165) is 10.8 Å². The Hall–Kier alpha value is -1.23.